The molecule has 39 heavy (non-hydrogen) atoms. The maximum Gasteiger partial charge on any atom is 0.252 e. The first kappa shape index (κ1) is 28.9. The van der Waals surface area contributed by atoms with Crippen LogP contribution in [-0.2, 0) is 4.79 Å². The van der Waals surface area contributed by atoms with Crippen molar-refractivity contribution in [2.75, 3.05) is 7.11 Å². The van der Waals surface area contributed by atoms with Crippen molar-refractivity contribution in [3.05, 3.63) is 29.6 Å². The molecule has 1 unspecified atom stereocenters. The minimum atomic E-state index is -2.91. The lowest BCUT2D eigenvalue weighted by molar-refractivity contribution is -0.233. The quantitative estimate of drug-likeness (QED) is 0.379. The summed E-state index contributed by atoms with van der Waals surface area (Å²) in [6.45, 7) is 6.47. The van der Waals surface area contributed by atoms with Gasteiger partial charge in [-0.1, -0.05) is 39.7 Å². The number of aliphatic hydroxyl groups is 2. The van der Waals surface area contributed by atoms with E-state index in [1.807, 2.05) is 6.92 Å². The predicted molar refractivity (Wildman–Crippen MR) is 143 cm³/mol. The highest BCUT2D eigenvalue weighted by Crippen LogP contribution is 2.70. The summed E-state index contributed by atoms with van der Waals surface area (Å²) in [5.74, 6) is -4.53. The molecule has 218 valence electrons. The van der Waals surface area contributed by atoms with Crippen LogP contribution in [0.25, 0.3) is 0 Å². The van der Waals surface area contributed by atoms with Gasteiger partial charge in [0.25, 0.3) is 5.92 Å². The summed E-state index contributed by atoms with van der Waals surface area (Å²) in [4.78, 5) is 12.8. The summed E-state index contributed by atoms with van der Waals surface area (Å²) in [5, 5.41) is 20.9. The highest BCUT2D eigenvalue weighted by molar-refractivity contribution is 5.87. The number of methoxy groups -OCH3 is 1. The van der Waals surface area contributed by atoms with Crippen molar-refractivity contribution in [2.24, 2.45) is 46.3 Å². The van der Waals surface area contributed by atoms with Crippen molar-refractivity contribution < 1.29 is 32.9 Å². The summed E-state index contributed by atoms with van der Waals surface area (Å²) >= 11 is 0. The number of aliphatic hydroxyl groups excluding tert-OH is 2. The van der Waals surface area contributed by atoms with Gasteiger partial charge in [-0.15, -0.1) is 0 Å². The van der Waals surface area contributed by atoms with E-state index in [9.17, 15) is 19.4 Å². The summed E-state index contributed by atoms with van der Waals surface area (Å²) in [5.41, 5.74) is -0.449. The summed E-state index contributed by atoms with van der Waals surface area (Å²) in [6, 6.07) is 4.54. The molecule has 4 saturated carbocycles. The first-order valence-electron chi connectivity index (χ1n) is 14.9. The molecule has 0 bridgehead atoms. The number of carbonyl (C=O) groups is 1. The Morgan fingerprint density at radius 3 is 2.46 bits per heavy atom. The number of ether oxygens (including phenoxy) is 1. The number of ketones is 1. The molecule has 0 aromatic heterocycles. The van der Waals surface area contributed by atoms with Crippen LogP contribution in [0.1, 0.15) is 96.6 Å². The molecule has 7 heteroatoms. The number of rotatable bonds is 7. The predicted octanol–water partition coefficient (Wildman–Crippen LogP) is 7.12. The van der Waals surface area contributed by atoms with Crippen LogP contribution < -0.4 is 4.74 Å². The van der Waals surface area contributed by atoms with E-state index in [2.05, 4.69) is 13.8 Å². The number of Topliss-reactive ketones (excluding diaryl/α,β-unsaturated/α-hetero) is 1. The molecule has 0 radical (unpaired) electrons. The lowest BCUT2D eigenvalue weighted by Gasteiger charge is -2.62. The second-order valence-electron chi connectivity index (χ2n) is 13.7. The third-order valence-electron chi connectivity index (χ3n) is 12.0. The van der Waals surface area contributed by atoms with Crippen molar-refractivity contribution >= 4 is 5.78 Å². The average Bonchev–Trinajstić information content (AvgIpc) is 3.24. The molecule has 0 heterocycles. The lowest BCUT2D eigenvalue weighted by atomic mass is 9.43. The van der Waals surface area contributed by atoms with Crippen molar-refractivity contribution in [1.29, 1.82) is 0 Å². The van der Waals surface area contributed by atoms with Gasteiger partial charge in [0.2, 0.25) is 0 Å². The lowest BCUT2D eigenvalue weighted by Crippen LogP contribution is -2.63. The number of carbonyl (C=O) groups excluding carboxylic acids is 1. The topological polar surface area (TPSA) is 66.8 Å². The third-order valence-corrected chi connectivity index (χ3v) is 12.0. The number of halogens is 3. The van der Waals surface area contributed by atoms with Gasteiger partial charge in [-0.05, 0) is 91.6 Å². The Labute approximate surface area is 230 Å². The Kier molecular flexibility index (Phi) is 7.67. The Hall–Kier alpha value is -1.60. The van der Waals surface area contributed by atoms with Crippen LogP contribution in [0.4, 0.5) is 13.2 Å². The molecule has 2 N–H and O–H groups in total. The minimum absolute atomic E-state index is 0.0771. The van der Waals surface area contributed by atoms with Gasteiger partial charge in [-0.3, -0.25) is 4.79 Å². The third kappa shape index (κ3) is 4.64. The monoisotopic (exact) mass is 550 g/mol. The van der Waals surface area contributed by atoms with E-state index in [4.69, 9.17) is 4.74 Å². The molecule has 10 atom stereocenters. The number of alkyl halides is 2. The van der Waals surface area contributed by atoms with Crippen LogP contribution in [0.15, 0.2) is 18.2 Å². The number of hydrogen-bond acceptors (Lipinski definition) is 4. The van der Waals surface area contributed by atoms with Crippen molar-refractivity contribution in [3.63, 3.8) is 0 Å². The molecule has 0 aliphatic heterocycles. The van der Waals surface area contributed by atoms with E-state index in [0.717, 1.165) is 25.7 Å². The maximum atomic E-state index is 16.0. The van der Waals surface area contributed by atoms with Gasteiger partial charge >= 0.3 is 0 Å². The molecule has 4 nitrogen and oxygen atoms in total. The van der Waals surface area contributed by atoms with Gasteiger partial charge in [-0.25, -0.2) is 13.2 Å². The highest BCUT2D eigenvalue weighted by Gasteiger charge is 2.69. The van der Waals surface area contributed by atoms with Gasteiger partial charge in [0.05, 0.1) is 18.8 Å². The second-order valence-corrected chi connectivity index (χ2v) is 13.7. The first-order chi connectivity index (χ1) is 18.3. The van der Waals surface area contributed by atoms with Gasteiger partial charge < -0.3 is 14.9 Å². The molecule has 0 amide bonds. The highest BCUT2D eigenvalue weighted by atomic mass is 19.3. The molecule has 1 aromatic carbocycles. The summed E-state index contributed by atoms with van der Waals surface area (Å²) < 4.78 is 51.6. The van der Waals surface area contributed by atoms with Crippen LogP contribution >= 0.6 is 0 Å². The molecule has 1 aromatic rings. The molecule has 4 aliphatic rings. The summed E-state index contributed by atoms with van der Waals surface area (Å²) in [7, 11) is 1.46. The van der Waals surface area contributed by atoms with Crippen molar-refractivity contribution in [2.45, 2.75) is 103 Å². The number of benzene rings is 1. The standard InChI is InChI=1S/C32H45F3O4/c1-18(7-5-9-24(36)27-23(33)8-6-10-26(27)39-4)19-11-12-20-28-21(13-15-30(19,20)2)31(3)16-14-25(37)29(38)22(31)17-32(28,34)35/h6,8,10,18-22,24-25,28,36-37H,5,7,9,11-17H2,1-4H3/t18-,19-,20+,21+,22+,24?,25+,28+,30-,31-/m1/s1. The molecule has 5 rings (SSSR count). The molecule has 4 fully saturated rings. The van der Waals surface area contributed by atoms with Gasteiger partial charge in [0, 0.05) is 18.3 Å². The fourth-order valence-electron chi connectivity index (χ4n) is 9.95. The van der Waals surface area contributed by atoms with Crippen LogP contribution in [0.5, 0.6) is 5.75 Å². The van der Waals surface area contributed by atoms with E-state index in [0.29, 0.717) is 49.7 Å². The smallest absolute Gasteiger partial charge is 0.252 e. The molecular formula is C32H45F3O4. The fraction of sp³-hybridized carbons (Fsp3) is 0.781. The largest absolute Gasteiger partial charge is 0.496 e. The SMILES string of the molecule is COc1cccc(F)c1C(O)CCC[C@@H](C)[C@H]1CC[C@H]2[C@H]3[C@H](CC[C@]12C)[C@@]1(C)CC[C@H](O)C(=O)[C@@H]1CC3(F)F. The van der Waals surface area contributed by atoms with E-state index in [-0.39, 0.29) is 28.6 Å². The molecule has 0 saturated heterocycles. The zero-order chi connectivity index (χ0) is 28.3. The minimum Gasteiger partial charge on any atom is -0.496 e. The van der Waals surface area contributed by atoms with Crippen molar-refractivity contribution in [3.8, 4) is 5.75 Å². The van der Waals surface area contributed by atoms with Gasteiger partial charge in [-0.2, -0.15) is 0 Å². The normalized spacial score (nSPS) is 40.8. The van der Waals surface area contributed by atoms with Crippen LogP contribution in [-0.4, -0.2) is 35.1 Å². The zero-order valence-corrected chi connectivity index (χ0v) is 23.8. The van der Waals surface area contributed by atoms with E-state index < -0.39 is 47.6 Å². The Bertz CT molecular complexity index is 1080. The van der Waals surface area contributed by atoms with E-state index >= 15 is 8.78 Å². The van der Waals surface area contributed by atoms with Gasteiger partial charge in [0.1, 0.15) is 17.7 Å². The maximum absolute atomic E-state index is 16.0. The van der Waals surface area contributed by atoms with Crippen LogP contribution in [0.3, 0.4) is 0 Å². The Morgan fingerprint density at radius 1 is 1.05 bits per heavy atom. The zero-order valence-electron chi connectivity index (χ0n) is 23.8. The van der Waals surface area contributed by atoms with Gasteiger partial charge in [0.15, 0.2) is 5.78 Å². The van der Waals surface area contributed by atoms with Crippen LogP contribution in [0, 0.1) is 52.2 Å². The Morgan fingerprint density at radius 2 is 1.74 bits per heavy atom. The first-order valence-corrected chi connectivity index (χ1v) is 14.9. The van der Waals surface area contributed by atoms with Crippen LogP contribution in [0.2, 0.25) is 0 Å². The van der Waals surface area contributed by atoms with E-state index in [1.54, 1.807) is 12.1 Å². The fourth-order valence-corrected chi connectivity index (χ4v) is 9.95. The Balaban J connectivity index is 1.28. The molecular weight excluding hydrogens is 505 g/mol. The number of hydrogen-bond donors (Lipinski definition) is 2. The molecule has 0 spiro atoms. The molecule has 4 aliphatic carbocycles. The average molecular weight is 551 g/mol. The van der Waals surface area contributed by atoms with E-state index in [1.165, 1.54) is 13.2 Å². The summed E-state index contributed by atoms with van der Waals surface area (Å²) in [6.07, 6.45) is 3.81. The second kappa shape index (κ2) is 10.3. The number of fused-ring (bicyclic) bond motifs is 5. The van der Waals surface area contributed by atoms with Crippen molar-refractivity contribution in [1.82, 2.24) is 0 Å².